The monoisotopic (exact) mass is 386 g/mol. The third kappa shape index (κ3) is 8.49. The summed E-state index contributed by atoms with van der Waals surface area (Å²) in [6.07, 6.45) is 1.97. The van der Waals surface area contributed by atoms with Crippen LogP contribution in [0.5, 0.6) is 5.75 Å². The number of carbonyl (C=O) groups is 1. The van der Waals surface area contributed by atoms with Crippen LogP contribution < -0.4 is 21.5 Å². The van der Waals surface area contributed by atoms with E-state index in [0.29, 0.717) is 17.7 Å². The van der Waals surface area contributed by atoms with Crippen LogP contribution in [-0.4, -0.2) is 43.6 Å². The lowest BCUT2D eigenvalue weighted by Crippen LogP contribution is -2.31. The molecule has 1 aromatic rings. The van der Waals surface area contributed by atoms with E-state index in [0.717, 1.165) is 24.9 Å². The Morgan fingerprint density at radius 2 is 1.81 bits per heavy atom. The average molecular weight is 386 g/mol. The molecule has 0 saturated carbocycles. The van der Waals surface area contributed by atoms with Crippen molar-refractivity contribution in [3.63, 3.8) is 0 Å². The van der Waals surface area contributed by atoms with E-state index in [4.69, 9.17) is 26.7 Å². The first-order valence-corrected chi connectivity index (χ1v) is 8.91. The van der Waals surface area contributed by atoms with Crippen molar-refractivity contribution in [2.24, 2.45) is 11.5 Å². The summed E-state index contributed by atoms with van der Waals surface area (Å²) in [5, 5.41) is 17.2. The van der Waals surface area contributed by atoms with E-state index in [1.165, 1.54) is 0 Å². The molecule has 0 spiro atoms. The Balaban J connectivity index is 0.000000590. The van der Waals surface area contributed by atoms with Gasteiger partial charge in [-0.1, -0.05) is 12.1 Å². The molecule has 10 heteroatoms. The number of hydrogen-bond donors (Lipinski definition) is 5. The van der Waals surface area contributed by atoms with Crippen LogP contribution in [0.15, 0.2) is 12.1 Å². The molecule has 26 heavy (non-hydrogen) atoms. The minimum atomic E-state index is -2.91. The molecule has 0 bridgehead atoms. The minimum absolute atomic E-state index is 0.0343. The molecule has 0 aromatic heterocycles. The zero-order valence-corrected chi connectivity index (χ0v) is 15.9. The highest BCUT2D eigenvalue weighted by molar-refractivity contribution is 7.74. The lowest BCUT2D eigenvalue weighted by atomic mass is 10.1. The number of rotatable bonds is 5. The molecule has 0 radical (unpaired) electrons. The molecular formula is C16H26N4O5S. The molecule has 0 saturated heterocycles. The van der Waals surface area contributed by atoms with Crippen molar-refractivity contribution in [1.82, 2.24) is 5.32 Å². The van der Waals surface area contributed by atoms with Crippen molar-refractivity contribution in [3.8, 4) is 5.75 Å². The topological polar surface area (TPSA) is 169 Å². The van der Waals surface area contributed by atoms with Gasteiger partial charge in [-0.25, -0.2) is 4.79 Å². The van der Waals surface area contributed by atoms with E-state index < -0.39 is 21.3 Å². The van der Waals surface area contributed by atoms with Gasteiger partial charge in [0, 0.05) is 6.54 Å². The molecule has 7 N–H and O–H groups in total. The van der Waals surface area contributed by atoms with E-state index >= 15 is 0 Å². The number of hydrogen-bond acceptors (Lipinski definition) is 6. The summed E-state index contributed by atoms with van der Waals surface area (Å²) in [6.45, 7) is 6.75. The highest BCUT2D eigenvalue weighted by Crippen LogP contribution is 2.25. The number of aliphatic carboxylic acids is 1. The number of benzene rings is 1. The second kappa shape index (κ2) is 11.9. The van der Waals surface area contributed by atoms with Crippen LogP contribution in [0.4, 0.5) is 0 Å². The Morgan fingerprint density at radius 1 is 1.23 bits per heavy atom. The van der Waals surface area contributed by atoms with Gasteiger partial charge < -0.3 is 26.6 Å². The minimum Gasteiger partial charge on any atom is -0.475 e. The predicted octanol–water partition coefficient (Wildman–Crippen LogP) is 0.293. The molecule has 1 aromatic carbocycles. The Kier molecular flexibility index (Phi) is 10.7. The Morgan fingerprint density at radius 3 is 2.27 bits per heavy atom. The predicted molar refractivity (Wildman–Crippen MR) is 101 cm³/mol. The first-order valence-electron chi connectivity index (χ1n) is 7.83. The van der Waals surface area contributed by atoms with Gasteiger partial charge in [0.05, 0.1) is 0 Å². The van der Waals surface area contributed by atoms with E-state index in [1.807, 2.05) is 13.0 Å². The first-order chi connectivity index (χ1) is 12.1. The number of carboxylic acids is 1. The lowest BCUT2D eigenvalue weighted by molar-refractivity contribution is -0.130. The van der Waals surface area contributed by atoms with Crippen LogP contribution in [0.2, 0.25) is 0 Å². The van der Waals surface area contributed by atoms with Gasteiger partial charge in [-0.05, 0) is 56.8 Å². The number of guanidine groups is 1. The maximum Gasteiger partial charge on any atom is 0.388 e. The third-order valence-corrected chi connectivity index (χ3v) is 3.90. The summed E-state index contributed by atoms with van der Waals surface area (Å²) in [4.78, 5) is 10.7. The van der Waals surface area contributed by atoms with Crippen LogP contribution in [0.3, 0.4) is 0 Å². The number of aryl methyl sites for hydroxylation is 2. The normalized spacial score (nSPS) is 9.54. The lowest BCUT2D eigenvalue weighted by Gasteiger charge is -2.11. The van der Waals surface area contributed by atoms with Gasteiger partial charge in [0.15, 0.2) is 5.96 Å². The van der Waals surface area contributed by atoms with Gasteiger partial charge in [0.25, 0.3) is 10.3 Å². The van der Waals surface area contributed by atoms with Gasteiger partial charge in [-0.3, -0.25) is 5.41 Å². The van der Waals surface area contributed by atoms with Crippen molar-refractivity contribution < 1.29 is 23.1 Å². The zero-order chi connectivity index (χ0) is 20.3. The molecule has 146 valence electrons. The standard InChI is InChI=1S/C11H12O5S.C5H14N4/c1-6-4-5-7(2)9(8(6)3)16-11(10(12)13)17(14)15;6-3-1-2-4-9-5(7)8/h4-5H,1-3H3,(H,12,13);1-4,6H2,(H4,7,8,9). The number of unbranched alkanes of at least 4 members (excludes halogenated alkanes) is 1. The molecule has 0 atom stereocenters. The largest absolute Gasteiger partial charge is 0.475 e. The first kappa shape index (κ1) is 23.4. The molecule has 0 unspecified atom stereocenters. The van der Waals surface area contributed by atoms with E-state index in [9.17, 15) is 13.2 Å². The van der Waals surface area contributed by atoms with E-state index in [1.54, 1.807) is 19.9 Å². The van der Waals surface area contributed by atoms with Gasteiger partial charge in [0.2, 0.25) is 0 Å². The smallest absolute Gasteiger partial charge is 0.388 e. The number of nitrogens with two attached hydrogens (primary N) is 2. The third-order valence-electron chi connectivity index (χ3n) is 3.34. The molecule has 0 aliphatic carbocycles. The maximum atomic E-state index is 10.7. The highest BCUT2D eigenvalue weighted by Gasteiger charge is 2.17. The molecule has 9 nitrogen and oxygen atoms in total. The van der Waals surface area contributed by atoms with Crippen LogP contribution in [0.25, 0.3) is 0 Å². The Bertz CT molecular complexity index is 767. The second-order valence-corrected chi connectivity index (χ2v) is 6.26. The highest BCUT2D eigenvalue weighted by atomic mass is 32.2. The van der Waals surface area contributed by atoms with Crippen molar-refractivity contribution >= 4 is 27.3 Å². The van der Waals surface area contributed by atoms with Gasteiger partial charge >= 0.3 is 11.0 Å². The van der Waals surface area contributed by atoms with Crippen LogP contribution >= 0.6 is 0 Å². The fourth-order valence-electron chi connectivity index (χ4n) is 1.82. The zero-order valence-electron chi connectivity index (χ0n) is 15.1. The number of nitrogens with one attached hydrogen (secondary N) is 2. The summed E-state index contributed by atoms with van der Waals surface area (Å²) < 4.78 is 26.4. The summed E-state index contributed by atoms with van der Waals surface area (Å²) >= 11 is 0. The van der Waals surface area contributed by atoms with Crippen LogP contribution in [-0.2, 0) is 15.1 Å². The number of ether oxygens (including phenoxy) is 1. The molecular weight excluding hydrogens is 360 g/mol. The molecule has 0 aliphatic rings. The Hall–Kier alpha value is -2.59. The van der Waals surface area contributed by atoms with Crippen molar-refractivity contribution in [2.75, 3.05) is 13.1 Å². The van der Waals surface area contributed by atoms with Gasteiger partial charge in [-0.15, -0.1) is 0 Å². The van der Waals surface area contributed by atoms with Crippen LogP contribution in [0, 0.1) is 26.2 Å². The fraction of sp³-hybridized carbons (Fsp3) is 0.438. The number of carboxylic acid groups (broad SMARTS) is 1. The SMILES string of the molecule is Cc1ccc(C)c(OC(C(=O)O)=S(=O)=O)c1C.N=C(N)NCCCCN. The molecule has 0 fully saturated rings. The average Bonchev–Trinajstić information content (AvgIpc) is 2.55. The van der Waals surface area contributed by atoms with Gasteiger partial charge in [-0.2, -0.15) is 8.42 Å². The second-order valence-electron chi connectivity index (χ2n) is 5.42. The van der Waals surface area contributed by atoms with E-state index in [2.05, 4.69) is 5.32 Å². The molecule has 0 aliphatic heterocycles. The molecule has 0 heterocycles. The summed E-state index contributed by atoms with van der Waals surface area (Å²) in [5.41, 5.74) is 12.5. The van der Waals surface area contributed by atoms with E-state index in [-0.39, 0.29) is 11.7 Å². The maximum absolute atomic E-state index is 10.7. The van der Waals surface area contributed by atoms with Crippen molar-refractivity contribution in [1.29, 1.82) is 5.41 Å². The quantitative estimate of drug-likeness (QED) is 0.208. The van der Waals surface area contributed by atoms with Gasteiger partial charge in [0.1, 0.15) is 5.75 Å². The molecule has 0 amide bonds. The fourth-order valence-corrected chi connectivity index (χ4v) is 2.11. The Labute approximate surface area is 154 Å². The van der Waals surface area contributed by atoms with Crippen molar-refractivity contribution in [3.05, 3.63) is 28.8 Å². The summed E-state index contributed by atoms with van der Waals surface area (Å²) in [5.74, 6) is -1.31. The van der Waals surface area contributed by atoms with Crippen LogP contribution in [0.1, 0.15) is 29.5 Å². The summed E-state index contributed by atoms with van der Waals surface area (Å²) in [7, 11) is -2.91. The van der Waals surface area contributed by atoms with Crippen molar-refractivity contribution in [2.45, 2.75) is 33.6 Å². The molecule has 1 rings (SSSR count). The summed E-state index contributed by atoms with van der Waals surface area (Å²) in [6, 6.07) is 3.59.